The number of nitrogens with zero attached hydrogens (tertiary/aromatic N) is 1. The van der Waals surface area contributed by atoms with E-state index in [-0.39, 0.29) is 17.9 Å². The highest BCUT2D eigenvalue weighted by Gasteiger charge is 2.33. The molecule has 1 amide bonds. The number of ether oxygens (including phenoxy) is 2. The number of carbonyl (C=O) groups excluding carboxylic acids is 2. The molecule has 5 heteroatoms. The van der Waals surface area contributed by atoms with Gasteiger partial charge in [-0.25, -0.2) is 4.79 Å². The second-order valence-corrected chi connectivity index (χ2v) is 7.12. The maximum Gasteiger partial charge on any atom is 0.342 e. The maximum absolute atomic E-state index is 12.6. The monoisotopic (exact) mass is 345 g/mol. The number of esters is 1. The van der Waals surface area contributed by atoms with E-state index in [2.05, 4.69) is 6.92 Å². The molecule has 0 N–H and O–H groups in total. The van der Waals surface area contributed by atoms with Crippen LogP contribution in [0, 0.1) is 0 Å². The first-order valence-electron chi connectivity index (χ1n) is 9.28. The first kappa shape index (κ1) is 17.8. The van der Waals surface area contributed by atoms with Crippen molar-refractivity contribution in [3.8, 4) is 5.75 Å². The number of amides is 1. The highest BCUT2D eigenvalue weighted by molar-refractivity contribution is 5.95. The summed E-state index contributed by atoms with van der Waals surface area (Å²) >= 11 is 0. The molecule has 0 bridgehead atoms. The average molecular weight is 345 g/mol. The number of para-hydroxylation sites is 1. The SMILES string of the molecule is C[C@H](OC(=O)c1cccc2c1O[C@@H](C)[C@@H]2C)C(=O)N1CCCCCC1. The predicted octanol–water partition coefficient (Wildman–Crippen LogP) is 3.52. The van der Waals surface area contributed by atoms with Gasteiger partial charge in [0.15, 0.2) is 6.10 Å². The van der Waals surface area contributed by atoms with Crippen molar-refractivity contribution in [2.45, 2.75) is 64.6 Å². The van der Waals surface area contributed by atoms with Crippen LogP contribution in [0.15, 0.2) is 18.2 Å². The molecule has 1 saturated heterocycles. The Labute approximate surface area is 149 Å². The van der Waals surface area contributed by atoms with Gasteiger partial charge < -0.3 is 14.4 Å². The van der Waals surface area contributed by atoms with Gasteiger partial charge in [0.25, 0.3) is 5.91 Å². The van der Waals surface area contributed by atoms with Crippen molar-refractivity contribution < 1.29 is 19.1 Å². The molecule has 0 spiro atoms. The molecule has 2 aliphatic heterocycles. The minimum absolute atomic E-state index is 0.0279. The number of benzene rings is 1. The van der Waals surface area contributed by atoms with Crippen molar-refractivity contribution in [1.82, 2.24) is 4.90 Å². The molecule has 2 aliphatic rings. The molecule has 136 valence electrons. The zero-order valence-corrected chi connectivity index (χ0v) is 15.3. The lowest BCUT2D eigenvalue weighted by Crippen LogP contribution is -2.40. The van der Waals surface area contributed by atoms with Crippen LogP contribution in [0.2, 0.25) is 0 Å². The minimum Gasteiger partial charge on any atom is -0.489 e. The molecule has 2 heterocycles. The number of hydrogen-bond donors (Lipinski definition) is 0. The number of fused-ring (bicyclic) bond motifs is 1. The summed E-state index contributed by atoms with van der Waals surface area (Å²) in [6.07, 6.45) is 3.59. The highest BCUT2D eigenvalue weighted by Crippen LogP contribution is 2.40. The molecule has 0 aliphatic carbocycles. The lowest BCUT2D eigenvalue weighted by molar-refractivity contribution is -0.139. The van der Waals surface area contributed by atoms with E-state index in [4.69, 9.17) is 9.47 Å². The normalized spacial score (nSPS) is 24.0. The maximum atomic E-state index is 12.6. The molecular formula is C20H27NO4. The van der Waals surface area contributed by atoms with Gasteiger partial charge in [-0.3, -0.25) is 4.79 Å². The molecule has 3 atom stereocenters. The van der Waals surface area contributed by atoms with Gasteiger partial charge in [0.05, 0.1) is 0 Å². The van der Waals surface area contributed by atoms with Gasteiger partial charge in [-0.1, -0.05) is 31.9 Å². The molecule has 1 aromatic carbocycles. The van der Waals surface area contributed by atoms with E-state index < -0.39 is 12.1 Å². The molecule has 25 heavy (non-hydrogen) atoms. The fraction of sp³-hybridized carbons (Fsp3) is 0.600. The van der Waals surface area contributed by atoms with Crippen LogP contribution in [0.1, 0.15) is 68.3 Å². The van der Waals surface area contributed by atoms with Crippen molar-refractivity contribution in [1.29, 1.82) is 0 Å². The minimum atomic E-state index is -0.780. The van der Waals surface area contributed by atoms with E-state index in [0.717, 1.165) is 44.3 Å². The molecular weight excluding hydrogens is 318 g/mol. The summed E-state index contributed by atoms with van der Waals surface area (Å²) in [6, 6.07) is 5.52. The quantitative estimate of drug-likeness (QED) is 0.787. The van der Waals surface area contributed by atoms with Gasteiger partial charge in [-0.05, 0) is 32.8 Å². The second-order valence-electron chi connectivity index (χ2n) is 7.12. The van der Waals surface area contributed by atoms with E-state index >= 15 is 0 Å². The van der Waals surface area contributed by atoms with Crippen LogP contribution in [-0.4, -0.2) is 42.1 Å². The standard InChI is InChI=1S/C20H27NO4/c1-13-14(2)24-18-16(13)9-8-10-17(18)20(23)25-15(3)19(22)21-11-6-4-5-7-12-21/h8-10,13-15H,4-7,11-12H2,1-3H3/t13-,14-,15-/m0/s1. The zero-order valence-electron chi connectivity index (χ0n) is 15.3. The summed E-state index contributed by atoms with van der Waals surface area (Å²) in [5, 5.41) is 0. The summed E-state index contributed by atoms with van der Waals surface area (Å²) in [6.45, 7) is 7.22. The third-order valence-electron chi connectivity index (χ3n) is 5.31. The van der Waals surface area contributed by atoms with E-state index in [0.29, 0.717) is 11.3 Å². The van der Waals surface area contributed by atoms with Crippen LogP contribution < -0.4 is 4.74 Å². The van der Waals surface area contributed by atoms with Crippen LogP contribution in [0.4, 0.5) is 0 Å². The Morgan fingerprint density at radius 1 is 1.16 bits per heavy atom. The molecule has 0 unspecified atom stereocenters. The van der Waals surface area contributed by atoms with Crippen LogP contribution in [-0.2, 0) is 9.53 Å². The number of likely N-dealkylation sites (tertiary alicyclic amines) is 1. The first-order chi connectivity index (χ1) is 12.0. The number of rotatable bonds is 3. The van der Waals surface area contributed by atoms with Crippen molar-refractivity contribution in [3.63, 3.8) is 0 Å². The van der Waals surface area contributed by atoms with Crippen molar-refractivity contribution in [3.05, 3.63) is 29.3 Å². The van der Waals surface area contributed by atoms with Gasteiger partial charge >= 0.3 is 5.97 Å². The Morgan fingerprint density at radius 2 is 1.84 bits per heavy atom. The Bertz CT molecular complexity index is 649. The smallest absolute Gasteiger partial charge is 0.342 e. The number of carbonyl (C=O) groups is 2. The Hall–Kier alpha value is -2.04. The molecule has 0 saturated carbocycles. The van der Waals surface area contributed by atoms with Gasteiger partial charge in [-0.2, -0.15) is 0 Å². The largest absolute Gasteiger partial charge is 0.489 e. The van der Waals surface area contributed by atoms with Gasteiger partial charge in [-0.15, -0.1) is 0 Å². The Morgan fingerprint density at radius 3 is 2.52 bits per heavy atom. The van der Waals surface area contributed by atoms with Gasteiger partial charge in [0, 0.05) is 24.6 Å². The molecule has 0 radical (unpaired) electrons. The van der Waals surface area contributed by atoms with Crippen LogP contribution in [0.25, 0.3) is 0 Å². The van der Waals surface area contributed by atoms with E-state index in [1.807, 2.05) is 24.0 Å². The summed E-state index contributed by atoms with van der Waals surface area (Å²) in [4.78, 5) is 27.0. The summed E-state index contributed by atoms with van der Waals surface area (Å²) in [5.41, 5.74) is 1.43. The van der Waals surface area contributed by atoms with Crippen LogP contribution in [0.5, 0.6) is 5.75 Å². The lowest BCUT2D eigenvalue weighted by Gasteiger charge is -2.24. The molecule has 1 fully saturated rings. The zero-order chi connectivity index (χ0) is 18.0. The summed E-state index contributed by atoms with van der Waals surface area (Å²) in [5.74, 6) is 0.236. The fourth-order valence-electron chi connectivity index (χ4n) is 3.57. The third-order valence-corrected chi connectivity index (χ3v) is 5.31. The van der Waals surface area contributed by atoms with Crippen molar-refractivity contribution in [2.75, 3.05) is 13.1 Å². The Balaban J connectivity index is 1.69. The highest BCUT2D eigenvalue weighted by atomic mass is 16.6. The van der Waals surface area contributed by atoms with Crippen LogP contribution in [0.3, 0.4) is 0 Å². The van der Waals surface area contributed by atoms with Crippen molar-refractivity contribution >= 4 is 11.9 Å². The predicted molar refractivity (Wildman–Crippen MR) is 94.9 cm³/mol. The average Bonchev–Trinajstić information content (AvgIpc) is 2.80. The van der Waals surface area contributed by atoms with E-state index in [9.17, 15) is 9.59 Å². The molecule has 1 aromatic rings. The first-order valence-corrected chi connectivity index (χ1v) is 9.28. The Kier molecular flexibility index (Phi) is 5.30. The van der Waals surface area contributed by atoms with E-state index in [1.54, 1.807) is 13.0 Å². The topological polar surface area (TPSA) is 55.8 Å². The molecule has 3 rings (SSSR count). The van der Waals surface area contributed by atoms with Crippen molar-refractivity contribution in [2.24, 2.45) is 0 Å². The summed E-state index contributed by atoms with van der Waals surface area (Å²) in [7, 11) is 0. The van der Waals surface area contributed by atoms with Crippen LogP contribution >= 0.6 is 0 Å². The third kappa shape index (κ3) is 3.65. The second kappa shape index (κ2) is 7.46. The number of hydrogen-bond acceptors (Lipinski definition) is 4. The molecule has 0 aromatic heterocycles. The van der Waals surface area contributed by atoms with Gasteiger partial charge in [0.2, 0.25) is 0 Å². The molecule has 5 nitrogen and oxygen atoms in total. The van der Waals surface area contributed by atoms with E-state index in [1.165, 1.54) is 0 Å². The summed E-state index contributed by atoms with van der Waals surface area (Å²) < 4.78 is 11.3. The fourth-order valence-corrected chi connectivity index (χ4v) is 3.57. The van der Waals surface area contributed by atoms with Gasteiger partial charge in [0.1, 0.15) is 17.4 Å². The lowest BCUT2D eigenvalue weighted by atomic mass is 9.97.